The lowest BCUT2D eigenvalue weighted by atomic mass is 9.87. The lowest BCUT2D eigenvalue weighted by molar-refractivity contribution is 0.925. The highest BCUT2D eigenvalue weighted by Crippen LogP contribution is 2.38. The van der Waals surface area contributed by atoms with Crippen molar-refractivity contribution in [3.63, 3.8) is 0 Å². The van der Waals surface area contributed by atoms with Crippen LogP contribution in [-0.2, 0) is 51.4 Å². The summed E-state index contributed by atoms with van der Waals surface area (Å²) in [4.78, 5) is 0. The normalized spacial score (nSPS) is 13.1. The van der Waals surface area contributed by atoms with Crippen molar-refractivity contribution in [2.75, 3.05) is 0 Å². The molecule has 380 valence electrons. The number of benzene rings is 12. The molecule has 0 saturated heterocycles. The maximum absolute atomic E-state index is 2.46. The second-order valence-corrected chi connectivity index (χ2v) is 22.6. The van der Waals surface area contributed by atoms with Crippen LogP contribution in [0.5, 0.6) is 0 Å². The third-order valence-corrected chi connectivity index (χ3v) is 17.8. The smallest absolute Gasteiger partial charge is 0.0149 e. The van der Waals surface area contributed by atoms with Gasteiger partial charge in [0, 0.05) is 0 Å². The molecule has 0 amide bonds. The Kier molecular flexibility index (Phi) is 12.2. The molecule has 28 bridgehead atoms. The van der Waals surface area contributed by atoms with Crippen molar-refractivity contribution in [1.82, 2.24) is 0 Å². The zero-order valence-electron chi connectivity index (χ0n) is 45.1. The van der Waals surface area contributed by atoms with E-state index >= 15 is 0 Å². The predicted molar refractivity (Wildman–Crippen MR) is 337 cm³/mol. The zero-order chi connectivity index (χ0) is 52.9. The molecule has 0 saturated carbocycles. The van der Waals surface area contributed by atoms with Crippen molar-refractivity contribution in [1.29, 1.82) is 0 Å². The Balaban J connectivity index is 0.753. The molecule has 21 aliphatic carbocycles. The summed E-state index contributed by atoms with van der Waals surface area (Å²) in [6.45, 7) is 0. The van der Waals surface area contributed by atoms with Crippen molar-refractivity contribution in [3.05, 3.63) is 311 Å². The van der Waals surface area contributed by atoms with Crippen molar-refractivity contribution < 1.29 is 0 Å². The molecule has 0 aromatic heterocycles. The van der Waals surface area contributed by atoms with E-state index in [1.807, 2.05) is 0 Å². The predicted octanol–water partition coefficient (Wildman–Crippen LogP) is 20.4. The number of hydrogen-bond donors (Lipinski definition) is 0. The first-order valence-corrected chi connectivity index (χ1v) is 28.9. The van der Waals surface area contributed by atoms with Crippen LogP contribution >= 0.6 is 0 Å². The molecule has 0 aliphatic heterocycles. The topological polar surface area (TPSA) is 0 Å². The lowest BCUT2D eigenvalue weighted by Gasteiger charge is -2.18. The summed E-state index contributed by atoms with van der Waals surface area (Å²) in [7, 11) is 0. The third-order valence-electron chi connectivity index (χ3n) is 17.8. The average molecular weight is 1020 g/mol. The van der Waals surface area contributed by atoms with Gasteiger partial charge in [-0.2, -0.15) is 0 Å². The fraction of sp³-hybridized carbons (Fsp3) is 0.100. The Hall–Kier alpha value is -9.36. The molecule has 0 radical (unpaired) electrons. The highest BCUT2D eigenvalue weighted by molar-refractivity contribution is 5.81. The van der Waals surface area contributed by atoms with Gasteiger partial charge in [0.15, 0.2) is 0 Å². The van der Waals surface area contributed by atoms with Gasteiger partial charge < -0.3 is 0 Å². The minimum absolute atomic E-state index is 0.990. The molecule has 33 rings (SSSR count). The van der Waals surface area contributed by atoms with E-state index in [0.29, 0.717) is 0 Å². The van der Waals surface area contributed by atoms with Gasteiger partial charge in [-0.15, -0.1) is 0 Å². The van der Waals surface area contributed by atoms with Crippen molar-refractivity contribution >= 4 is 0 Å². The lowest BCUT2D eigenvalue weighted by Crippen LogP contribution is -2.02. The fourth-order valence-corrected chi connectivity index (χ4v) is 13.0. The van der Waals surface area contributed by atoms with Gasteiger partial charge in [0.2, 0.25) is 0 Å². The molecule has 0 fully saturated rings. The number of rotatable bonds is 0. The van der Waals surface area contributed by atoms with E-state index in [0.717, 1.165) is 51.4 Å². The molecule has 0 heterocycles. The molecule has 12 aromatic rings. The Morgan fingerprint density at radius 2 is 0.263 bits per heavy atom. The average Bonchev–Trinajstić information content (AvgIpc) is 3.55. The summed E-state index contributed by atoms with van der Waals surface area (Å²) >= 11 is 0. The Labute approximate surface area is 471 Å². The van der Waals surface area contributed by atoms with Crippen LogP contribution in [0.25, 0.3) is 111 Å². The van der Waals surface area contributed by atoms with Gasteiger partial charge in [0.25, 0.3) is 0 Å². The van der Waals surface area contributed by atoms with Gasteiger partial charge in [0.1, 0.15) is 0 Å². The van der Waals surface area contributed by atoms with Crippen LogP contribution < -0.4 is 0 Å². The van der Waals surface area contributed by atoms with Gasteiger partial charge in [-0.25, -0.2) is 0 Å². The van der Waals surface area contributed by atoms with Crippen LogP contribution in [0.3, 0.4) is 0 Å². The quantitative estimate of drug-likeness (QED) is 0.142. The second kappa shape index (κ2) is 20.5. The molecule has 0 nitrogen and oxygen atoms in total. The molecule has 0 unspecified atom stereocenters. The van der Waals surface area contributed by atoms with Crippen LogP contribution in [0.2, 0.25) is 0 Å². The Morgan fingerprint density at radius 1 is 0.125 bits per heavy atom. The zero-order valence-corrected chi connectivity index (χ0v) is 45.1. The summed E-state index contributed by atoms with van der Waals surface area (Å²) in [5.74, 6) is 0. The van der Waals surface area contributed by atoms with E-state index in [1.54, 1.807) is 0 Å². The second-order valence-electron chi connectivity index (χ2n) is 22.6. The summed E-state index contributed by atoms with van der Waals surface area (Å²) in [5.41, 5.74) is 36.5. The van der Waals surface area contributed by atoms with Gasteiger partial charge in [-0.1, -0.05) is 267 Å². The molecule has 0 atom stereocenters. The Bertz CT molecular complexity index is 3670. The number of aryl methyl sites for hydroxylation is 8. The van der Waals surface area contributed by atoms with Crippen LogP contribution in [0.1, 0.15) is 44.5 Å². The van der Waals surface area contributed by atoms with Gasteiger partial charge in [-0.05, 0) is 207 Å². The summed E-state index contributed by atoms with van der Waals surface area (Å²) in [6.07, 6.45) is 7.93. The first-order chi connectivity index (χ1) is 39.5. The van der Waals surface area contributed by atoms with E-state index < -0.39 is 0 Å². The molecule has 12 aromatic carbocycles. The first kappa shape index (κ1) is 47.8. The van der Waals surface area contributed by atoms with E-state index in [9.17, 15) is 0 Å². The van der Waals surface area contributed by atoms with Crippen molar-refractivity contribution in [3.8, 4) is 111 Å². The largest absolute Gasteiger partial charge is 0.0587 e. The minimum Gasteiger partial charge on any atom is -0.0587 e. The summed E-state index contributed by atoms with van der Waals surface area (Å²) in [5, 5.41) is 0. The minimum atomic E-state index is 0.990. The van der Waals surface area contributed by atoms with Gasteiger partial charge >= 0.3 is 0 Å². The monoisotopic (exact) mass is 1020 g/mol. The molecular weight excluding hydrogens is 961 g/mol. The number of hydrogen-bond acceptors (Lipinski definition) is 0. The van der Waals surface area contributed by atoms with E-state index in [2.05, 4.69) is 267 Å². The van der Waals surface area contributed by atoms with Crippen LogP contribution in [0, 0.1) is 0 Å². The Morgan fingerprint density at radius 3 is 0.412 bits per heavy atom. The SMILES string of the molecule is c1cc2c3cc1CCc1ccc(cc1-c1ccc(cc1)-c1ccc(cc1)-c1ccc(cc1)-c1ccc(cc1)-c1cc4ccc1CCc1ccc(c(c1)-c1ccc(cc1)-c1ccc(cc1)-c1ccc(cc1)-c1ccc-3cc1)CC4)CC2. The van der Waals surface area contributed by atoms with Crippen LogP contribution in [-0.4, -0.2) is 0 Å². The maximum Gasteiger partial charge on any atom is -0.0149 e. The van der Waals surface area contributed by atoms with Crippen molar-refractivity contribution in [2.45, 2.75) is 51.4 Å². The molecular formula is C80H60. The standard InChI is InChI=1S/C80H60/c1-9-69-14-6-54-2-10-70-13-5-53(1)49-77(70)73-41-33-65(34-42-73)61-25-17-57(18-26-61)59-21-29-63(30-22-59)67-37-45-75(46-38-67)79-51-55-4-12-72-16-8-56(3-11-71(79)15-7-55)52-80(72)76-47-39-68(40-48-76)64-31-23-60(24-32-64)58-19-27-62(28-20-58)66-35-43-74(44-36-66)78(69)50-54/h5-8,13-52H,1-4,9-12H2. The summed E-state index contributed by atoms with van der Waals surface area (Å²) < 4.78 is 0. The van der Waals surface area contributed by atoms with Crippen LogP contribution in [0.4, 0.5) is 0 Å². The summed E-state index contributed by atoms with van der Waals surface area (Å²) in [6, 6.07) is 102. The highest BCUT2D eigenvalue weighted by atomic mass is 14.2. The fourth-order valence-electron chi connectivity index (χ4n) is 13.0. The molecule has 21 aliphatic rings. The highest BCUT2D eigenvalue weighted by Gasteiger charge is 2.17. The van der Waals surface area contributed by atoms with Crippen LogP contribution in [0.15, 0.2) is 267 Å². The van der Waals surface area contributed by atoms with Gasteiger partial charge in [-0.3, -0.25) is 0 Å². The van der Waals surface area contributed by atoms with E-state index in [-0.39, 0.29) is 0 Å². The molecule has 0 heteroatoms. The van der Waals surface area contributed by atoms with E-state index in [1.165, 1.54) is 156 Å². The molecule has 0 spiro atoms. The van der Waals surface area contributed by atoms with Crippen molar-refractivity contribution in [2.24, 2.45) is 0 Å². The van der Waals surface area contributed by atoms with Gasteiger partial charge in [0.05, 0.1) is 0 Å². The van der Waals surface area contributed by atoms with E-state index in [4.69, 9.17) is 0 Å². The molecule has 0 N–H and O–H groups in total. The first-order valence-electron chi connectivity index (χ1n) is 28.9. The third kappa shape index (κ3) is 9.41. The maximum atomic E-state index is 2.46. The molecule has 80 heavy (non-hydrogen) atoms.